The lowest BCUT2D eigenvalue weighted by Gasteiger charge is -2.29. The number of rotatable bonds is 4. The van der Waals surface area contributed by atoms with Crippen molar-refractivity contribution in [3.05, 3.63) is 42.5 Å². The van der Waals surface area contributed by atoms with E-state index < -0.39 is 0 Å². The minimum absolute atomic E-state index is 0.336. The third-order valence-corrected chi connectivity index (χ3v) is 5.28. The van der Waals surface area contributed by atoms with Gasteiger partial charge >= 0.3 is 0 Å². The third-order valence-electron chi connectivity index (χ3n) is 5.28. The lowest BCUT2D eigenvalue weighted by Crippen LogP contribution is -2.39. The van der Waals surface area contributed by atoms with Crippen LogP contribution in [0, 0.1) is 0 Å². The summed E-state index contributed by atoms with van der Waals surface area (Å²) < 4.78 is 0. The van der Waals surface area contributed by atoms with E-state index in [1.165, 1.54) is 5.56 Å². The largest absolute Gasteiger partial charge is 0.346 e. The first-order valence-corrected chi connectivity index (χ1v) is 9.25. The smallest absolute Gasteiger partial charge is 0.143 e. The Kier molecular flexibility index (Phi) is 3.99. The highest BCUT2D eigenvalue weighted by molar-refractivity contribution is 5.93. The summed E-state index contributed by atoms with van der Waals surface area (Å²) in [7, 11) is 0. The standard InChI is InChI=1S/C19H22N8/c20-14-3-5-27(6-4-14)10-13-8-21-18-17(13)19(23-11-22-18)25-15-1-2-16-12(7-15)9-24-26-16/h1-2,7-9,11,14H,3-6,10,20H2,(H,24,26)(H2,21,22,23,25). The highest BCUT2D eigenvalue weighted by Crippen LogP contribution is 2.28. The van der Waals surface area contributed by atoms with E-state index >= 15 is 0 Å². The van der Waals surface area contributed by atoms with Gasteiger partial charge in [0.1, 0.15) is 17.8 Å². The van der Waals surface area contributed by atoms with Gasteiger partial charge in [-0.05, 0) is 49.7 Å². The van der Waals surface area contributed by atoms with Crippen LogP contribution in [0.4, 0.5) is 11.5 Å². The number of benzene rings is 1. The molecular formula is C19H22N8. The number of fused-ring (bicyclic) bond motifs is 2. The van der Waals surface area contributed by atoms with E-state index in [1.54, 1.807) is 6.33 Å². The van der Waals surface area contributed by atoms with Gasteiger partial charge in [0, 0.05) is 29.9 Å². The van der Waals surface area contributed by atoms with Gasteiger partial charge in [0.05, 0.1) is 17.1 Å². The van der Waals surface area contributed by atoms with Crippen molar-refractivity contribution < 1.29 is 0 Å². The molecule has 0 aliphatic carbocycles. The van der Waals surface area contributed by atoms with Crippen molar-refractivity contribution in [1.29, 1.82) is 0 Å². The summed E-state index contributed by atoms with van der Waals surface area (Å²) in [6.07, 6.45) is 7.54. The van der Waals surface area contributed by atoms with Crippen molar-refractivity contribution in [2.24, 2.45) is 5.73 Å². The van der Waals surface area contributed by atoms with E-state index in [0.29, 0.717) is 6.04 Å². The first-order chi connectivity index (χ1) is 13.3. The van der Waals surface area contributed by atoms with Gasteiger partial charge in [0.15, 0.2) is 0 Å². The monoisotopic (exact) mass is 362 g/mol. The zero-order chi connectivity index (χ0) is 18.2. The van der Waals surface area contributed by atoms with Gasteiger partial charge in [0.2, 0.25) is 0 Å². The Balaban J connectivity index is 1.45. The summed E-state index contributed by atoms with van der Waals surface area (Å²) in [4.78, 5) is 14.6. The van der Waals surface area contributed by atoms with Crippen molar-refractivity contribution in [2.75, 3.05) is 18.4 Å². The Morgan fingerprint density at radius 1 is 1.22 bits per heavy atom. The number of H-pyrrole nitrogens is 2. The lowest BCUT2D eigenvalue weighted by molar-refractivity contribution is 0.206. The molecule has 4 aromatic rings. The molecule has 8 heteroatoms. The molecule has 3 aromatic heterocycles. The summed E-state index contributed by atoms with van der Waals surface area (Å²) in [6, 6.07) is 6.43. The lowest BCUT2D eigenvalue weighted by atomic mass is 10.1. The number of anilines is 2. The maximum absolute atomic E-state index is 6.03. The Morgan fingerprint density at radius 2 is 2.11 bits per heavy atom. The van der Waals surface area contributed by atoms with E-state index in [9.17, 15) is 0 Å². The van der Waals surface area contributed by atoms with Gasteiger partial charge < -0.3 is 16.0 Å². The van der Waals surface area contributed by atoms with E-state index in [2.05, 4.69) is 41.4 Å². The van der Waals surface area contributed by atoms with Crippen molar-refractivity contribution in [2.45, 2.75) is 25.4 Å². The number of hydrogen-bond acceptors (Lipinski definition) is 6. The fourth-order valence-corrected chi connectivity index (χ4v) is 3.76. The topological polar surface area (TPSA) is 112 Å². The van der Waals surface area contributed by atoms with Crippen LogP contribution in [0.3, 0.4) is 0 Å². The molecule has 27 heavy (non-hydrogen) atoms. The van der Waals surface area contributed by atoms with Crippen LogP contribution in [0.5, 0.6) is 0 Å². The highest BCUT2D eigenvalue weighted by Gasteiger charge is 2.19. The molecule has 0 radical (unpaired) electrons. The number of piperidine rings is 1. The van der Waals surface area contributed by atoms with Gasteiger partial charge in [-0.15, -0.1) is 0 Å². The fourth-order valence-electron chi connectivity index (χ4n) is 3.76. The molecule has 1 aliphatic rings. The van der Waals surface area contributed by atoms with Crippen LogP contribution in [0.15, 0.2) is 36.9 Å². The highest BCUT2D eigenvalue weighted by atomic mass is 15.1. The predicted molar refractivity (Wildman–Crippen MR) is 106 cm³/mol. The van der Waals surface area contributed by atoms with Crippen LogP contribution in [-0.2, 0) is 6.54 Å². The Hall–Kier alpha value is -2.97. The average Bonchev–Trinajstić information content (AvgIpc) is 3.31. The molecule has 8 nitrogen and oxygen atoms in total. The maximum atomic E-state index is 6.03. The van der Waals surface area contributed by atoms with Gasteiger partial charge in [0.25, 0.3) is 0 Å². The Morgan fingerprint density at radius 3 is 3.00 bits per heavy atom. The second-order valence-corrected chi connectivity index (χ2v) is 7.17. The SMILES string of the molecule is NC1CCN(Cc2c[nH]c3ncnc(Nc4ccc5[nH]ncc5c4)c23)CC1. The third kappa shape index (κ3) is 3.13. The number of nitrogens with zero attached hydrogens (tertiary/aromatic N) is 4. The first-order valence-electron chi connectivity index (χ1n) is 9.25. The van der Waals surface area contributed by atoms with Gasteiger partial charge in [-0.1, -0.05) is 0 Å². The summed E-state index contributed by atoms with van der Waals surface area (Å²) in [5.41, 5.74) is 10.1. The summed E-state index contributed by atoms with van der Waals surface area (Å²) in [6.45, 7) is 2.93. The molecule has 0 spiro atoms. The number of likely N-dealkylation sites (tertiary alicyclic amines) is 1. The van der Waals surface area contributed by atoms with Crippen molar-refractivity contribution in [3.63, 3.8) is 0 Å². The molecule has 0 saturated carbocycles. The van der Waals surface area contributed by atoms with E-state index in [-0.39, 0.29) is 0 Å². The molecule has 1 aliphatic heterocycles. The van der Waals surface area contributed by atoms with Crippen LogP contribution in [0.2, 0.25) is 0 Å². The Bertz CT molecular complexity index is 1070. The molecule has 138 valence electrons. The fraction of sp³-hybridized carbons (Fsp3) is 0.316. The van der Waals surface area contributed by atoms with Crippen LogP contribution >= 0.6 is 0 Å². The van der Waals surface area contributed by atoms with Crippen LogP contribution in [0.25, 0.3) is 21.9 Å². The Labute approximate surface area is 156 Å². The number of nitrogens with two attached hydrogens (primary N) is 1. The molecule has 0 amide bonds. The van der Waals surface area contributed by atoms with Crippen LogP contribution in [-0.4, -0.2) is 49.2 Å². The second kappa shape index (κ2) is 6.64. The minimum atomic E-state index is 0.336. The maximum Gasteiger partial charge on any atom is 0.143 e. The molecule has 5 rings (SSSR count). The van der Waals surface area contributed by atoms with E-state index in [1.807, 2.05) is 24.5 Å². The van der Waals surface area contributed by atoms with E-state index in [4.69, 9.17) is 5.73 Å². The minimum Gasteiger partial charge on any atom is -0.346 e. The second-order valence-electron chi connectivity index (χ2n) is 7.17. The first kappa shape index (κ1) is 16.2. The summed E-state index contributed by atoms with van der Waals surface area (Å²) in [5.74, 6) is 0.813. The molecule has 0 unspecified atom stereocenters. The molecule has 0 bridgehead atoms. The normalized spacial score (nSPS) is 16.3. The van der Waals surface area contributed by atoms with Crippen molar-refractivity contribution in [3.8, 4) is 0 Å². The van der Waals surface area contributed by atoms with Crippen molar-refractivity contribution in [1.82, 2.24) is 30.0 Å². The number of aromatic amines is 2. The number of nitrogens with one attached hydrogen (secondary N) is 3. The zero-order valence-electron chi connectivity index (χ0n) is 14.9. The van der Waals surface area contributed by atoms with Crippen molar-refractivity contribution >= 4 is 33.4 Å². The van der Waals surface area contributed by atoms with Crippen LogP contribution < -0.4 is 11.1 Å². The van der Waals surface area contributed by atoms with Gasteiger partial charge in [-0.25, -0.2) is 9.97 Å². The van der Waals surface area contributed by atoms with Gasteiger partial charge in [-0.2, -0.15) is 5.10 Å². The molecule has 1 saturated heterocycles. The number of hydrogen-bond donors (Lipinski definition) is 4. The molecule has 0 atom stereocenters. The zero-order valence-corrected chi connectivity index (χ0v) is 14.9. The predicted octanol–water partition coefficient (Wildman–Crippen LogP) is 2.50. The average molecular weight is 362 g/mol. The van der Waals surface area contributed by atoms with E-state index in [0.717, 1.165) is 65.9 Å². The van der Waals surface area contributed by atoms with Gasteiger partial charge in [-0.3, -0.25) is 10.00 Å². The molecule has 1 aromatic carbocycles. The molecule has 4 heterocycles. The molecule has 5 N–H and O–H groups in total. The molecular weight excluding hydrogens is 340 g/mol. The summed E-state index contributed by atoms with van der Waals surface area (Å²) >= 11 is 0. The summed E-state index contributed by atoms with van der Waals surface area (Å²) in [5, 5.41) is 12.6. The van der Waals surface area contributed by atoms with Crippen LogP contribution in [0.1, 0.15) is 18.4 Å². The number of aromatic nitrogens is 5. The quantitative estimate of drug-likeness (QED) is 0.444. The molecule has 1 fully saturated rings.